The second-order valence-corrected chi connectivity index (χ2v) is 3.79. The fourth-order valence-corrected chi connectivity index (χ4v) is 1.36. The largest absolute Gasteiger partial charge is 0.507 e. The lowest BCUT2D eigenvalue weighted by molar-refractivity contribution is -0.177. The predicted molar refractivity (Wildman–Crippen MR) is 57.1 cm³/mol. The van der Waals surface area contributed by atoms with Crippen molar-refractivity contribution in [3.8, 4) is 17.2 Å². The van der Waals surface area contributed by atoms with Crippen LogP contribution >= 0.6 is 0 Å². The summed E-state index contributed by atoms with van der Waals surface area (Å²) >= 11 is 0. The van der Waals surface area contributed by atoms with Crippen LogP contribution in [0.5, 0.6) is 5.75 Å². The predicted octanol–water partition coefficient (Wildman–Crippen LogP) is 2.66. The number of rotatable bonds is 4. The van der Waals surface area contributed by atoms with Gasteiger partial charge in [-0.25, -0.2) is 4.39 Å². The van der Waals surface area contributed by atoms with Crippen molar-refractivity contribution in [3.05, 3.63) is 29.8 Å². The number of phenolic OH excluding ortho intramolecular Hbond substituents is 1. The van der Waals surface area contributed by atoms with E-state index in [0.29, 0.717) is 0 Å². The molecule has 20 heavy (non-hydrogen) atoms. The monoisotopic (exact) mass is 292 g/mol. The molecular weight excluding hydrogens is 284 g/mol. The molecule has 0 atom stereocenters. The number of alkyl halides is 3. The van der Waals surface area contributed by atoms with Crippen LogP contribution in [0.4, 0.5) is 17.6 Å². The molecule has 2 rings (SSSR count). The van der Waals surface area contributed by atoms with Crippen LogP contribution in [-0.4, -0.2) is 28.0 Å². The average molecular weight is 292 g/mol. The van der Waals surface area contributed by atoms with Gasteiger partial charge in [-0.3, -0.25) is 0 Å². The standard InChI is InChI=1S/C11H8F4N2O3/c12-6-1-2-8(18)7(3-6)10-16-9(17-20-10)4-19-5-11(13,14)15/h1-3,18H,4-5H2. The van der Waals surface area contributed by atoms with Gasteiger partial charge >= 0.3 is 6.18 Å². The molecule has 2 aromatic rings. The molecule has 1 N–H and O–H groups in total. The summed E-state index contributed by atoms with van der Waals surface area (Å²) in [4.78, 5) is 3.71. The van der Waals surface area contributed by atoms with E-state index in [0.717, 1.165) is 18.2 Å². The molecule has 5 nitrogen and oxygen atoms in total. The third kappa shape index (κ3) is 3.67. The molecule has 1 aromatic heterocycles. The molecule has 0 aliphatic rings. The molecule has 0 saturated carbocycles. The molecule has 9 heteroatoms. The van der Waals surface area contributed by atoms with Gasteiger partial charge in [0.15, 0.2) is 5.82 Å². The molecule has 1 heterocycles. The maximum atomic E-state index is 13.0. The molecule has 0 radical (unpaired) electrons. The Morgan fingerprint density at radius 2 is 2.05 bits per heavy atom. The van der Waals surface area contributed by atoms with Crippen molar-refractivity contribution in [2.75, 3.05) is 6.61 Å². The van der Waals surface area contributed by atoms with E-state index in [1.807, 2.05) is 0 Å². The first-order chi connectivity index (χ1) is 9.35. The lowest BCUT2D eigenvalue weighted by atomic mass is 10.2. The number of aromatic nitrogens is 2. The summed E-state index contributed by atoms with van der Waals surface area (Å²) in [6.07, 6.45) is -4.45. The van der Waals surface area contributed by atoms with Gasteiger partial charge in [0.1, 0.15) is 24.8 Å². The van der Waals surface area contributed by atoms with Gasteiger partial charge in [0.2, 0.25) is 0 Å². The summed E-state index contributed by atoms with van der Waals surface area (Å²) in [6, 6.07) is 3.08. The fraction of sp³-hybridized carbons (Fsp3) is 0.273. The summed E-state index contributed by atoms with van der Waals surface area (Å²) in [5.74, 6) is -1.29. The number of nitrogens with zero attached hydrogens (tertiary/aromatic N) is 2. The summed E-state index contributed by atoms with van der Waals surface area (Å²) in [6.45, 7) is -1.96. The van der Waals surface area contributed by atoms with Crippen LogP contribution in [0.15, 0.2) is 22.7 Å². The topological polar surface area (TPSA) is 68.4 Å². The van der Waals surface area contributed by atoms with E-state index in [9.17, 15) is 22.7 Å². The molecule has 0 bridgehead atoms. The van der Waals surface area contributed by atoms with Crippen molar-refractivity contribution >= 4 is 0 Å². The zero-order chi connectivity index (χ0) is 14.8. The third-order valence-electron chi connectivity index (χ3n) is 2.15. The van der Waals surface area contributed by atoms with E-state index in [1.165, 1.54) is 0 Å². The van der Waals surface area contributed by atoms with Crippen molar-refractivity contribution in [1.29, 1.82) is 0 Å². The molecule has 0 fully saturated rings. The molecule has 0 unspecified atom stereocenters. The highest BCUT2D eigenvalue weighted by atomic mass is 19.4. The molecule has 0 aliphatic carbocycles. The van der Waals surface area contributed by atoms with E-state index in [-0.39, 0.29) is 23.0 Å². The molecule has 0 saturated heterocycles. The molecule has 108 valence electrons. The summed E-state index contributed by atoms with van der Waals surface area (Å²) in [7, 11) is 0. The summed E-state index contributed by atoms with van der Waals surface area (Å²) in [5, 5.41) is 12.9. The molecule has 1 aromatic carbocycles. The first-order valence-electron chi connectivity index (χ1n) is 5.31. The smallest absolute Gasteiger partial charge is 0.411 e. The Labute approximate surface area is 109 Å². The van der Waals surface area contributed by atoms with Crippen molar-refractivity contribution in [2.24, 2.45) is 0 Å². The van der Waals surface area contributed by atoms with Crippen LogP contribution in [0.25, 0.3) is 11.5 Å². The number of halogens is 4. The van der Waals surface area contributed by atoms with Crippen LogP contribution in [0.3, 0.4) is 0 Å². The number of aromatic hydroxyl groups is 1. The zero-order valence-electron chi connectivity index (χ0n) is 9.82. The minimum Gasteiger partial charge on any atom is -0.507 e. The second kappa shape index (κ2) is 5.45. The van der Waals surface area contributed by atoms with Crippen LogP contribution in [0.1, 0.15) is 5.82 Å². The lowest BCUT2D eigenvalue weighted by Crippen LogP contribution is -2.16. The quantitative estimate of drug-likeness (QED) is 0.877. The van der Waals surface area contributed by atoms with Crippen LogP contribution in [0.2, 0.25) is 0 Å². The van der Waals surface area contributed by atoms with E-state index in [1.54, 1.807) is 0 Å². The minimum absolute atomic E-state index is 0.0560. The van der Waals surface area contributed by atoms with E-state index >= 15 is 0 Å². The van der Waals surface area contributed by atoms with Gasteiger partial charge < -0.3 is 14.4 Å². The zero-order valence-corrected chi connectivity index (χ0v) is 9.82. The van der Waals surface area contributed by atoms with Gasteiger partial charge in [-0.2, -0.15) is 18.2 Å². The Bertz CT molecular complexity index is 598. The van der Waals surface area contributed by atoms with Gasteiger partial charge in [-0.05, 0) is 18.2 Å². The average Bonchev–Trinajstić information content (AvgIpc) is 2.79. The van der Waals surface area contributed by atoms with Gasteiger partial charge in [0.25, 0.3) is 5.89 Å². The number of ether oxygens (including phenoxy) is 1. The Balaban J connectivity index is 2.07. The SMILES string of the molecule is Oc1ccc(F)cc1-c1nc(COCC(F)(F)F)no1. The number of benzene rings is 1. The molecule has 0 aliphatic heterocycles. The summed E-state index contributed by atoms with van der Waals surface area (Å²) in [5.41, 5.74) is -0.0560. The van der Waals surface area contributed by atoms with Crippen LogP contribution < -0.4 is 0 Å². The first kappa shape index (κ1) is 14.3. The van der Waals surface area contributed by atoms with Crippen molar-refractivity contribution in [1.82, 2.24) is 10.1 Å². The van der Waals surface area contributed by atoms with E-state index < -0.39 is 25.2 Å². The van der Waals surface area contributed by atoms with E-state index in [4.69, 9.17) is 4.52 Å². The number of hydrogen-bond donors (Lipinski definition) is 1. The first-order valence-corrected chi connectivity index (χ1v) is 5.31. The minimum atomic E-state index is -4.45. The van der Waals surface area contributed by atoms with E-state index in [2.05, 4.69) is 14.9 Å². The van der Waals surface area contributed by atoms with Gasteiger partial charge in [0.05, 0.1) is 5.56 Å². The maximum absolute atomic E-state index is 13.0. The maximum Gasteiger partial charge on any atom is 0.411 e. The molecule has 0 amide bonds. The fourth-order valence-electron chi connectivity index (χ4n) is 1.36. The highest BCUT2D eigenvalue weighted by Gasteiger charge is 2.27. The van der Waals surface area contributed by atoms with Crippen molar-refractivity contribution in [3.63, 3.8) is 0 Å². The highest BCUT2D eigenvalue weighted by molar-refractivity contribution is 5.61. The van der Waals surface area contributed by atoms with Gasteiger partial charge in [-0.15, -0.1) is 0 Å². The Kier molecular flexibility index (Phi) is 3.89. The highest BCUT2D eigenvalue weighted by Crippen LogP contribution is 2.28. The Morgan fingerprint density at radius 1 is 1.30 bits per heavy atom. The van der Waals surface area contributed by atoms with Gasteiger partial charge in [0, 0.05) is 0 Å². The van der Waals surface area contributed by atoms with Crippen LogP contribution in [-0.2, 0) is 11.3 Å². The molecule has 0 spiro atoms. The summed E-state index contributed by atoms with van der Waals surface area (Å²) < 4.78 is 57.7. The Morgan fingerprint density at radius 3 is 2.75 bits per heavy atom. The van der Waals surface area contributed by atoms with Crippen molar-refractivity contribution < 1.29 is 31.9 Å². The second-order valence-electron chi connectivity index (χ2n) is 3.79. The van der Waals surface area contributed by atoms with Gasteiger partial charge in [-0.1, -0.05) is 5.16 Å². The Hall–Kier alpha value is -2.16. The van der Waals surface area contributed by atoms with Crippen LogP contribution in [0, 0.1) is 5.82 Å². The lowest BCUT2D eigenvalue weighted by Gasteiger charge is -2.04. The number of hydrogen-bond acceptors (Lipinski definition) is 5. The molecular formula is C11H8F4N2O3. The number of phenols is 1. The normalized spacial score (nSPS) is 11.8. The van der Waals surface area contributed by atoms with Crippen molar-refractivity contribution in [2.45, 2.75) is 12.8 Å². The third-order valence-corrected chi connectivity index (χ3v) is 2.15.